The van der Waals surface area contributed by atoms with E-state index in [1.807, 2.05) is 13.8 Å². The number of carbonyl (C=O) groups excluding carboxylic acids is 2. The largest absolute Gasteiger partial charge is 0.497 e. The Kier molecular flexibility index (Phi) is 8.90. The van der Waals surface area contributed by atoms with Gasteiger partial charge in [-0.15, -0.1) is 10.2 Å². The number of carbonyl (C=O) groups is 2. The Hall–Kier alpha value is -3.31. The van der Waals surface area contributed by atoms with Crippen LogP contribution >= 0.6 is 23.1 Å². The van der Waals surface area contributed by atoms with E-state index in [1.54, 1.807) is 49.6 Å². The van der Waals surface area contributed by atoms with Crippen LogP contribution in [0.15, 0.2) is 46.8 Å². The van der Waals surface area contributed by atoms with Crippen LogP contribution in [0.25, 0.3) is 0 Å². The van der Waals surface area contributed by atoms with Gasteiger partial charge >= 0.3 is 0 Å². The molecule has 2 N–H and O–H groups in total. The number of methoxy groups -OCH3 is 1. The molecule has 0 aliphatic carbocycles. The Labute approximate surface area is 199 Å². The lowest BCUT2D eigenvalue weighted by Gasteiger charge is -2.12. The van der Waals surface area contributed by atoms with Crippen molar-refractivity contribution in [2.45, 2.75) is 18.2 Å². The van der Waals surface area contributed by atoms with Crippen molar-refractivity contribution in [1.29, 1.82) is 0 Å². The van der Waals surface area contributed by atoms with E-state index in [1.165, 1.54) is 23.1 Å². The lowest BCUT2D eigenvalue weighted by Crippen LogP contribution is -2.13. The maximum Gasteiger partial charge on any atom is 0.257 e. The number of amides is 2. The highest BCUT2D eigenvalue weighted by molar-refractivity contribution is 8.01. The summed E-state index contributed by atoms with van der Waals surface area (Å²) in [6.07, 6.45) is 0. The molecule has 0 aliphatic rings. The topological polar surface area (TPSA) is 112 Å². The molecule has 33 heavy (non-hydrogen) atoms. The van der Waals surface area contributed by atoms with Crippen molar-refractivity contribution >= 4 is 45.7 Å². The highest BCUT2D eigenvalue weighted by atomic mass is 32.2. The van der Waals surface area contributed by atoms with Crippen LogP contribution < -0.4 is 24.8 Å². The molecular weight excluding hydrogens is 464 g/mol. The van der Waals surface area contributed by atoms with Gasteiger partial charge in [0.15, 0.2) is 15.8 Å². The summed E-state index contributed by atoms with van der Waals surface area (Å²) >= 11 is 2.42. The summed E-state index contributed by atoms with van der Waals surface area (Å²) in [5.74, 6) is 1.36. The molecule has 1 heterocycles. The van der Waals surface area contributed by atoms with Gasteiger partial charge in [-0.25, -0.2) is 0 Å². The van der Waals surface area contributed by atoms with Crippen LogP contribution in [0.1, 0.15) is 24.2 Å². The molecule has 0 aliphatic heterocycles. The molecule has 0 saturated heterocycles. The first-order chi connectivity index (χ1) is 16.0. The molecule has 2 aromatic carbocycles. The average molecular weight is 489 g/mol. The van der Waals surface area contributed by atoms with E-state index in [4.69, 9.17) is 14.2 Å². The Bertz CT molecular complexity index is 1110. The standard InChI is InChI=1S/C22H24N4O5S2/c1-4-30-17-10-9-14(11-18(17)31-5-2)20(28)24-21-25-26-22(33-21)32-13-19(27)23-15-7-6-8-16(12-15)29-3/h6-12H,4-5,13H2,1-3H3,(H,23,27)(H,24,25,28). The van der Waals surface area contributed by atoms with Crippen molar-refractivity contribution in [3.05, 3.63) is 48.0 Å². The van der Waals surface area contributed by atoms with Gasteiger partial charge in [-0.05, 0) is 44.2 Å². The van der Waals surface area contributed by atoms with Crippen molar-refractivity contribution in [2.24, 2.45) is 0 Å². The molecule has 9 nitrogen and oxygen atoms in total. The molecule has 174 valence electrons. The molecule has 0 unspecified atom stereocenters. The second-order valence-electron chi connectivity index (χ2n) is 6.42. The number of aromatic nitrogens is 2. The minimum atomic E-state index is -0.345. The molecule has 0 spiro atoms. The van der Waals surface area contributed by atoms with Crippen LogP contribution in [0.3, 0.4) is 0 Å². The van der Waals surface area contributed by atoms with Crippen LogP contribution in [0.5, 0.6) is 17.2 Å². The summed E-state index contributed by atoms with van der Waals surface area (Å²) in [5, 5.41) is 13.9. The van der Waals surface area contributed by atoms with Crippen LogP contribution in [0.2, 0.25) is 0 Å². The van der Waals surface area contributed by atoms with Gasteiger partial charge in [0, 0.05) is 17.3 Å². The maximum atomic E-state index is 12.6. The van der Waals surface area contributed by atoms with E-state index in [2.05, 4.69) is 20.8 Å². The third kappa shape index (κ3) is 7.09. The zero-order chi connectivity index (χ0) is 23.6. The Morgan fingerprint density at radius 2 is 1.79 bits per heavy atom. The normalized spacial score (nSPS) is 10.4. The van der Waals surface area contributed by atoms with Gasteiger partial charge in [0.2, 0.25) is 11.0 Å². The van der Waals surface area contributed by atoms with Crippen molar-refractivity contribution in [2.75, 3.05) is 36.7 Å². The van der Waals surface area contributed by atoms with Gasteiger partial charge in [0.1, 0.15) is 5.75 Å². The summed E-state index contributed by atoms with van der Waals surface area (Å²) in [6.45, 7) is 4.69. The third-order valence-electron chi connectivity index (χ3n) is 4.11. The zero-order valence-electron chi connectivity index (χ0n) is 18.4. The highest BCUT2D eigenvalue weighted by Gasteiger charge is 2.15. The number of ether oxygens (including phenoxy) is 3. The first kappa shape index (κ1) is 24.3. The summed E-state index contributed by atoms with van der Waals surface area (Å²) in [6, 6.07) is 12.1. The predicted molar refractivity (Wildman–Crippen MR) is 129 cm³/mol. The Balaban J connectivity index is 1.55. The molecule has 3 aromatic rings. The summed E-state index contributed by atoms with van der Waals surface area (Å²) < 4.78 is 16.8. The monoisotopic (exact) mass is 488 g/mol. The van der Waals surface area contributed by atoms with E-state index >= 15 is 0 Å². The molecule has 11 heteroatoms. The SMILES string of the molecule is CCOc1ccc(C(=O)Nc2nnc(SCC(=O)Nc3cccc(OC)c3)s2)cc1OCC. The zero-order valence-corrected chi connectivity index (χ0v) is 20.0. The minimum absolute atomic E-state index is 0.149. The van der Waals surface area contributed by atoms with Gasteiger partial charge in [-0.3, -0.25) is 14.9 Å². The first-order valence-corrected chi connectivity index (χ1v) is 11.9. The van der Waals surface area contributed by atoms with Crippen molar-refractivity contribution in [3.8, 4) is 17.2 Å². The van der Waals surface area contributed by atoms with Gasteiger partial charge in [-0.1, -0.05) is 29.2 Å². The van der Waals surface area contributed by atoms with Gasteiger partial charge < -0.3 is 19.5 Å². The lowest BCUT2D eigenvalue weighted by molar-refractivity contribution is -0.113. The number of benzene rings is 2. The number of rotatable bonds is 11. The number of hydrogen-bond acceptors (Lipinski definition) is 9. The molecule has 0 saturated carbocycles. The van der Waals surface area contributed by atoms with Crippen molar-refractivity contribution < 1.29 is 23.8 Å². The number of thioether (sulfide) groups is 1. The third-order valence-corrected chi connectivity index (χ3v) is 6.08. The number of nitrogens with zero attached hydrogens (tertiary/aromatic N) is 2. The fourth-order valence-electron chi connectivity index (χ4n) is 2.71. The van der Waals surface area contributed by atoms with Crippen LogP contribution in [0.4, 0.5) is 10.8 Å². The van der Waals surface area contributed by atoms with Gasteiger partial charge in [0.05, 0.1) is 26.1 Å². The summed E-state index contributed by atoms with van der Waals surface area (Å²) in [7, 11) is 1.57. The predicted octanol–water partition coefficient (Wildman–Crippen LogP) is 4.33. The van der Waals surface area contributed by atoms with Crippen molar-refractivity contribution in [3.63, 3.8) is 0 Å². The van der Waals surface area contributed by atoms with Crippen LogP contribution in [-0.4, -0.2) is 48.1 Å². The van der Waals surface area contributed by atoms with E-state index in [-0.39, 0.29) is 17.6 Å². The molecule has 0 atom stereocenters. The van der Waals surface area contributed by atoms with Crippen molar-refractivity contribution in [1.82, 2.24) is 10.2 Å². The molecular formula is C22H24N4O5S2. The van der Waals surface area contributed by atoms with E-state index in [0.29, 0.717) is 51.2 Å². The fraction of sp³-hybridized carbons (Fsp3) is 0.273. The second kappa shape index (κ2) is 12.1. The minimum Gasteiger partial charge on any atom is -0.497 e. The number of anilines is 2. The molecule has 1 aromatic heterocycles. The van der Waals surface area contributed by atoms with E-state index in [0.717, 1.165) is 0 Å². The Morgan fingerprint density at radius 1 is 1.00 bits per heavy atom. The molecule has 0 radical (unpaired) electrons. The van der Waals surface area contributed by atoms with E-state index in [9.17, 15) is 9.59 Å². The molecule has 2 amide bonds. The first-order valence-electron chi connectivity index (χ1n) is 10.1. The van der Waals surface area contributed by atoms with Gasteiger partial charge in [0.25, 0.3) is 5.91 Å². The summed E-state index contributed by atoms with van der Waals surface area (Å²) in [4.78, 5) is 24.8. The lowest BCUT2D eigenvalue weighted by atomic mass is 10.2. The molecule has 0 fully saturated rings. The maximum absolute atomic E-state index is 12.6. The van der Waals surface area contributed by atoms with Crippen LogP contribution in [-0.2, 0) is 4.79 Å². The summed E-state index contributed by atoms with van der Waals surface area (Å²) in [5.41, 5.74) is 1.05. The molecule has 0 bridgehead atoms. The smallest absolute Gasteiger partial charge is 0.257 e. The molecule has 3 rings (SSSR count). The quantitative estimate of drug-likeness (QED) is 0.303. The Morgan fingerprint density at radius 3 is 2.55 bits per heavy atom. The number of hydrogen-bond donors (Lipinski definition) is 2. The van der Waals surface area contributed by atoms with Gasteiger partial charge in [-0.2, -0.15) is 0 Å². The number of nitrogens with one attached hydrogen (secondary N) is 2. The van der Waals surface area contributed by atoms with E-state index < -0.39 is 0 Å². The van der Waals surface area contributed by atoms with Crippen LogP contribution in [0, 0.1) is 0 Å². The average Bonchev–Trinajstić information content (AvgIpc) is 3.26. The second-order valence-corrected chi connectivity index (χ2v) is 8.62. The highest BCUT2D eigenvalue weighted by Crippen LogP contribution is 2.30. The fourth-order valence-corrected chi connectivity index (χ4v) is 4.25.